The number of rotatable bonds is 4. The van der Waals surface area contributed by atoms with Gasteiger partial charge in [-0.05, 0) is 36.8 Å². The van der Waals surface area contributed by atoms with Gasteiger partial charge in [-0.15, -0.1) is 23.5 Å². The maximum absolute atomic E-state index is 12.3. The van der Waals surface area contributed by atoms with Gasteiger partial charge in [0, 0.05) is 23.3 Å². The minimum atomic E-state index is -0.102. The average molecular weight is 330 g/mol. The predicted molar refractivity (Wildman–Crippen MR) is 94.2 cm³/mol. The normalized spacial score (nSPS) is 16.4. The number of hydrogen-bond donors (Lipinski definition) is 1. The first-order chi connectivity index (χ1) is 10.7. The van der Waals surface area contributed by atoms with E-state index in [0.29, 0.717) is 10.1 Å². The van der Waals surface area contributed by atoms with Crippen molar-refractivity contribution in [1.29, 1.82) is 0 Å². The Morgan fingerprint density at radius 1 is 1.18 bits per heavy atom. The lowest BCUT2D eigenvalue weighted by molar-refractivity contribution is 0.0939. The SMILES string of the molecule is CC(NC(=O)c1ccc(C2SCCS2)cc1)c1ccccn1. The largest absolute Gasteiger partial charge is 0.344 e. The van der Waals surface area contributed by atoms with Gasteiger partial charge in [-0.25, -0.2) is 0 Å². The van der Waals surface area contributed by atoms with Crippen LogP contribution in [0.3, 0.4) is 0 Å². The van der Waals surface area contributed by atoms with Gasteiger partial charge in [-0.2, -0.15) is 0 Å². The molecule has 1 saturated heterocycles. The Balaban J connectivity index is 1.64. The minimum absolute atomic E-state index is 0.0589. The highest BCUT2D eigenvalue weighted by Gasteiger charge is 2.19. The second-order valence-corrected chi connectivity index (χ2v) is 7.87. The van der Waals surface area contributed by atoms with Crippen LogP contribution in [0.4, 0.5) is 0 Å². The number of benzene rings is 1. The Kier molecular flexibility index (Phi) is 5.05. The van der Waals surface area contributed by atoms with E-state index in [1.807, 2.05) is 60.8 Å². The van der Waals surface area contributed by atoms with Crippen LogP contribution < -0.4 is 5.32 Å². The molecule has 1 fully saturated rings. The number of aromatic nitrogens is 1. The number of pyridine rings is 1. The Labute approximate surface area is 139 Å². The van der Waals surface area contributed by atoms with Gasteiger partial charge in [0.25, 0.3) is 5.91 Å². The fourth-order valence-electron chi connectivity index (χ4n) is 2.33. The second-order valence-electron chi connectivity index (χ2n) is 5.15. The zero-order chi connectivity index (χ0) is 15.4. The summed E-state index contributed by atoms with van der Waals surface area (Å²) in [6.45, 7) is 1.94. The fraction of sp³-hybridized carbons (Fsp3) is 0.294. The van der Waals surface area contributed by atoms with Crippen molar-refractivity contribution in [3.63, 3.8) is 0 Å². The molecule has 2 heterocycles. The van der Waals surface area contributed by atoms with Crippen molar-refractivity contribution in [2.75, 3.05) is 11.5 Å². The van der Waals surface area contributed by atoms with Crippen LogP contribution in [0.25, 0.3) is 0 Å². The van der Waals surface area contributed by atoms with Crippen LogP contribution in [0.5, 0.6) is 0 Å². The fourth-order valence-corrected chi connectivity index (χ4v) is 5.19. The number of amides is 1. The van der Waals surface area contributed by atoms with Crippen LogP contribution in [0, 0.1) is 0 Å². The maximum Gasteiger partial charge on any atom is 0.251 e. The van der Waals surface area contributed by atoms with Crippen LogP contribution in [-0.2, 0) is 0 Å². The molecule has 3 nitrogen and oxygen atoms in total. The van der Waals surface area contributed by atoms with E-state index in [0.717, 1.165) is 5.69 Å². The summed E-state index contributed by atoms with van der Waals surface area (Å²) in [7, 11) is 0. The molecule has 22 heavy (non-hydrogen) atoms. The van der Waals surface area contributed by atoms with E-state index >= 15 is 0 Å². The van der Waals surface area contributed by atoms with Crippen LogP contribution in [0.15, 0.2) is 48.7 Å². The lowest BCUT2D eigenvalue weighted by atomic mass is 10.1. The van der Waals surface area contributed by atoms with Crippen molar-refractivity contribution < 1.29 is 4.79 Å². The lowest BCUT2D eigenvalue weighted by Gasteiger charge is -2.14. The predicted octanol–water partition coefficient (Wildman–Crippen LogP) is 4.05. The van der Waals surface area contributed by atoms with Gasteiger partial charge in [-0.3, -0.25) is 9.78 Å². The number of carbonyl (C=O) groups is 1. The number of nitrogens with zero attached hydrogens (tertiary/aromatic N) is 1. The van der Waals surface area contributed by atoms with Crippen molar-refractivity contribution in [2.24, 2.45) is 0 Å². The zero-order valence-electron chi connectivity index (χ0n) is 12.4. The molecule has 1 N–H and O–H groups in total. The highest BCUT2D eigenvalue weighted by molar-refractivity contribution is 8.19. The van der Waals surface area contributed by atoms with Crippen molar-refractivity contribution in [3.8, 4) is 0 Å². The molecule has 5 heteroatoms. The molecule has 1 aliphatic heterocycles. The summed E-state index contributed by atoms with van der Waals surface area (Å²) in [4.78, 5) is 16.6. The van der Waals surface area contributed by atoms with E-state index in [1.165, 1.54) is 17.1 Å². The quantitative estimate of drug-likeness (QED) is 0.918. The number of thioether (sulfide) groups is 2. The van der Waals surface area contributed by atoms with Crippen molar-refractivity contribution >= 4 is 29.4 Å². The molecule has 0 spiro atoms. The summed E-state index contributed by atoms with van der Waals surface area (Å²) >= 11 is 3.94. The highest BCUT2D eigenvalue weighted by atomic mass is 32.2. The summed E-state index contributed by atoms with van der Waals surface area (Å²) in [6.07, 6.45) is 1.74. The molecule has 114 valence electrons. The molecule has 0 radical (unpaired) electrons. The molecule has 3 rings (SSSR count). The van der Waals surface area contributed by atoms with E-state index in [9.17, 15) is 4.79 Å². The van der Waals surface area contributed by atoms with Gasteiger partial charge in [0.05, 0.1) is 16.3 Å². The van der Waals surface area contributed by atoms with E-state index in [4.69, 9.17) is 0 Å². The van der Waals surface area contributed by atoms with Crippen LogP contribution in [0.1, 0.15) is 39.2 Å². The molecule has 1 unspecified atom stereocenters. The van der Waals surface area contributed by atoms with Gasteiger partial charge in [0.1, 0.15) is 0 Å². The smallest absolute Gasteiger partial charge is 0.251 e. The summed E-state index contributed by atoms with van der Waals surface area (Å²) < 4.78 is 0.518. The lowest BCUT2D eigenvalue weighted by Crippen LogP contribution is -2.27. The van der Waals surface area contributed by atoms with Gasteiger partial charge in [0.15, 0.2) is 0 Å². The molecule has 0 aliphatic carbocycles. The van der Waals surface area contributed by atoms with Crippen LogP contribution in [-0.4, -0.2) is 22.4 Å². The second kappa shape index (κ2) is 7.20. The van der Waals surface area contributed by atoms with Crippen molar-refractivity contribution in [1.82, 2.24) is 10.3 Å². The third-order valence-corrected chi connectivity index (χ3v) is 6.65. The topological polar surface area (TPSA) is 42.0 Å². The van der Waals surface area contributed by atoms with Crippen molar-refractivity contribution in [3.05, 3.63) is 65.5 Å². The Hall–Kier alpha value is -1.46. The molecular formula is C17H18N2OS2. The Bertz CT molecular complexity index is 625. The zero-order valence-corrected chi connectivity index (χ0v) is 14.0. The summed E-state index contributed by atoms with van der Waals surface area (Å²) in [5.74, 6) is 2.36. The van der Waals surface area contributed by atoms with E-state index < -0.39 is 0 Å². The number of carbonyl (C=O) groups excluding carboxylic acids is 1. The maximum atomic E-state index is 12.3. The molecular weight excluding hydrogens is 312 g/mol. The monoisotopic (exact) mass is 330 g/mol. The first-order valence-electron chi connectivity index (χ1n) is 7.29. The third kappa shape index (κ3) is 3.65. The molecule has 1 aliphatic rings. The number of nitrogens with one attached hydrogen (secondary N) is 1. The molecule has 0 saturated carbocycles. The summed E-state index contributed by atoms with van der Waals surface area (Å²) in [5, 5.41) is 2.99. The van der Waals surface area contributed by atoms with Gasteiger partial charge < -0.3 is 5.32 Å². The molecule has 1 aromatic carbocycles. The Morgan fingerprint density at radius 3 is 2.55 bits per heavy atom. The van der Waals surface area contributed by atoms with Gasteiger partial charge in [-0.1, -0.05) is 18.2 Å². The van der Waals surface area contributed by atoms with E-state index in [2.05, 4.69) is 22.4 Å². The van der Waals surface area contributed by atoms with Gasteiger partial charge in [0.2, 0.25) is 0 Å². The molecule has 1 amide bonds. The van der Waals surface area contributed by atoms with E-state index in [1.54, 1.807) is 6.20 Å². The number of hydrogen-bond acceptors (Lipinski definition) is 4. The highest BCUT2D eigenvalue weighted by Crippen LogP contribution is 2.45. The average Bonchev–Trinajstić information content (AvgIpc) is 3.10. The molecule has 2 aromatic rings. The first kappa shape index (κ1) is 15.4. The standard InChI is InChI=1S/C17H18N2OS2/c1-12(15-4-2-3-9-18-15)19-16(20)13-5-7-14(8-6-13)17-21-10-11-22-17/h2-9,12,17H,10-11H2,1H3,(H,19,20). The summed E-state index contributed by atoms with van der Waals surface area (Å²) in [6, 6.07) is 13.6. The molecule has 1 atom stereocenters. The van der Waals surface area contributed by atoms with Gasteiger partial charge >= 0.3 is 0 Å². The van der Waals surface area contributed by atoms with Crippen LogP contribution in [0.2, 0.25) is 0 Å². The Morgan fingerprint density at radius 2 is 1.91 bits per heavy atom. The van der Waals surface area contributed by atoms with E-state index in [-0.39, 0.29) is 11.9 Å². The minimum Gasteiger partial charge on any atom is -0.344 e. The third-order valence-electron chi connectivity index (χ3n) is 3.55. The molecule has 1 aromatic heterocycles. The van der Waals surface area contributed by atoms with Crippen LogP contribution >= 0.6 is 23.5 Å². The van der Waals surface area contributed by atoms with Crippen molar-refractivity contribution in [2.45, 2.75) is 17.5 Å². The molecule has 0 bridgehead atoms. The summed E-state index contributed by atoms with van der Waals surface area (Å²) in [5.41, 5.74) is 2.85. The first-order valence-corrected chi connectivity index (χ1v) is 9.39.